The van der Waals surface area contributed by atoms with Crippen molar-refractivity contribution in [1.82, 2.24) is 10.6 Å². The van der Waals surface area contributed by atoms with Gasteiger partial charge in [-0.1, -0.05) is 0 Å². The van der Waals surface area contributed by atoms with Crippen molar-refractivity contribution < 1.29 is 19.1 Å². The molecule has 0 aromatic rings. The Morgan fingerprint density at radius 2 is 2.05 bits per heavy atom. The molecule has 0 aromatic carbocycles. The number of nitrogens with one attached hydrogen (secondary N) is 2. The topological polar surface area (TPSA) is 76.7 Å². The lowest BCUT2D eigenvalue weighted by Gasteiger charge is -2.28. The first-order valence-electron chi connectivity index (χ1n) is 6.44. The molecule has 1 amide bonds. The molecule has 1 atom stereocenters. The van der Waals surface area contributed by atoms with E-state index in [9.17, 15) is 9.59 Å². The van der Waals surface area contributed by atoms with Gasteiger partial charge in [-0.2, -0.15) is 0 Å². The highest BCUT2D eigenvalue weighted by atomic mass is 16.5. The van der Waals surface area contributed by atoms with Gasteiger partial charge in [0.1, 0.15) is 0 Å². The maximum atomic E-state index is 12.3. The van der Waals surface area contributed by atoms with Crippen LogP contribution in [-0.2, 0) is 19.1 Å². The number of methoxy groups -OCH3 is 2. The molecular formula is C13H24N2O4. The zero-order valence-corrected chi connectivity index (χ0v) is 12.2. The summed E-state index contributed by atoms with van der Waals surface area (Å²) in [5.74, 6) is -0.408. The molecule has 0 bridgehead atoms. The minimum atomic E-state index is -0.731. The van der Waals surface area contributed by atoms with Gasteiger partial charge >= 0.3 is 5.97 Å². The zero-order valence-electron chi connectivity index (χ0n) is 12.2. The largest absolute Gasteiger partial charge is 0.469 e. The molecule has 1 unspecified atom stereocenters. The Morgan fingerprint density at radius 1 is 1.37 bits per heavy atom. The summed E-state index contributed by atoms with van der Waals surface area (Å²) in [5.41, 5.74) is -1.26. The third-order valence-corrected chi connectivity index (χ3v) is 3.57. The number of carbonyl (C=O) groups is 2. The van der Waals surface area contributed by atoms with Gasteiger partial charge in [0.2, 0.25) is 5.91 Å². The number of ether oxygens (including phenoxy) is 2. The molecule has 0 saturated carbocycles. The van der Waals surface area contributed by atoms with E-state index in [1.807, 2.05) is 0 Å². The molecule has 1 aliphatic rings. The number of amides is 1. The van der Waals surface area contributed by atoms with Gasteiger partial charge in [0.05, 0.1) is 24.5 Å². The van der Waals surface area contributed by atoms with E-state index in [0.717, 1.165) is 13.0 Å². The van der Waals surface area contributed by atoms with Crippen molar-refractivity contribution in [3.63, 3.8) is 0 Å². The zero-order chi connectivity index (χ0) is 14.5. The van der Waals surface area contributed by atoms with E-state index in [1.54, 1.807) is 21.0 Å². The first-order valence-corrected chi connectivity index (χ1v) is 6.44. The summed E-state index contributed by atoms with van der Waals surface area (Å²) in [4.78, 5) is 23.9. The highest BCUT2D eigenvalue weighted by Gasteiger charge is 2.42. The van der Waals surface area contributed by atoms with E-state index in [0.29, 0.717) is 13.2 Å². The predicted octanol–water partition coefficient (Wildman–Crippen LogP) is -0.0721. The van der Waals surface area contributed by atoms with E-state index in [1.165, 1.54) is 7.11 Å². The molecule has 1 rings (SSSR count). The predicted molar refractivity (Wildman–Crippen MR) is 70.6 cm³/mol. The van der Waals surface area contributed by atoms with Gasteiger partial charge in [-0.25, -0.2) is 0 Å². The third-order valence-electron chi connectivity index (χ3n) is 3.57. The van der Waals surface area contributed by atoms with Crippen molar-refractivity contribution in [2.45, 2.75) is 20.3 Å². The van der Waals surface area contributed by atoms with Crippen LogP contribution in [0.3, 0.4) is 0 Å². The van der Waals surface area contributed by atoms with Gasteiger partial charge in [-0.3, -0.25) is 9.59 Å². The van der Waals surface area contributed by atoms with E-state index >= 15 is 0 Å². The highest BCUT2D eigenvalue weighted by molar-refractivity contribution is 5.84. The quantitative estimate of drug-likeness (QED) is 0.662. The Labute approximate surface area is 114 Å². The molecule has 0 radical (unpaired) electrons. The second kappa shape index (κ2) is 6.34. The molecule has 110 valence electrons. The van der Waals surface area contributed by atoms with Crippen molar-refractivity contribution in [2.75, 3.05) is 40.5 Å². The van der Waals surface area contributed by atoms with Crippen molar-refractivity contribution in [2.24, 2.45) is 10.8 Å². The molecule has 2 N–H and O–H groups in total. The van der Waals surface area contributed by atoms with Crippen LogP contribution in [0.5, 0.6) is 0 Å². The molecule has 1 fully saturated rings. The van der Waals surface area contributed by atoms with Gasteiger partial charge in [0.25, 0.3) is 0 Å². The number of carbonyl (C=O) groups excluding carboxylic acids is 2. The van der Waals surface area contributed by atoms with Crippen LogP contribution in [0.25, 0.3) is 0 Å². The fraction of sp³-hybridized carbons (Fsp3) is 0.846. The van der Waals surface area contributed by atoms with Crippen LogP contribution < -0.4 is 10.6 Å². The van der Waals surface area contributed by atoms with Crippen LogP contribution in [0.2, 0.25) is 0 Å². The lowest BCUT2D eigenvalue weighted by atomic mass is 9.86. The standard InChI is InChI=1S/C13H24N2O4/c1-12(2,11(17)19-4)7-15-10(16)13(9-18-3)5-6-14-8-13/h14H,5-9H2,1-4H3,(H,15,16). The first-order chi connectivity index (χ1) is 8.88. The number of hydrogen-bond acceptors (Lipinski definition) is 5. The SMILES string of the molecule is COCC1(C(=O)NCC(C)(C)C(=O)OC)CCNC1. The van der Waals surface area contributed by atoms with Crippen molar-refractivity contribution in [3.05, 3.63) is 0 Å². The highest BCUT2D eigenvalue weighted by Crippen LogP contribution is 2.26. The molecule has 1 aliphatic heterocycles. The summed E-state index contributed by atoms with van der Waals surface area (Å²) >= 11 is 0. The fourth-order valence-corrected chi connectivity index (χ4v) is 2.24. The summed E-state index contributed by atoms with van der Waals surface area (Å²) in [6.07, 6.45) is 0.741. The molecule has 19 heavy (non-hydrogen) atoms. The van der Waals surface area contributed by atoms with Crippen LogP contribution >= 0.6 is 0 Å². The van der Waals surface area contributed by atoms with Gasteiger partial charge in [0, 0.05) is 20.2 Å². The lowest BCUT2D eigenvalue weighted by molar-refractivity contribution is -0.151. The second-order valence-electron chi connectivity index (χ2n) is 5.70. The molecule has 0 aliphatic carbocycles. The normalized spacial score (nSPS) is 23.2. The molecule has 0 aromatic heterocycles. The Bertz CT molecular complexity index is 336. The maximum absolute atomic E-state index is 12.3. The first kappa shape index (κ1) is 15.9. The third kappa shape index (κ3) is 3.67. The molecule has 6 heteroatoms. The molecule has 6 nitrogen and oxygen atoms in total. The summed E-state index contributed by atoms with van der Waals surface area (Å²) in [7, 11) is 2.94. The molecule has 0 spiro atoms. The van der Waals surface area contributed by atoms with Gasteiger partial charge < -0.3 is 20.1 Å². The minimum Gasteiger partial charge on any atom is -0.469 e. The average Bonchev–Trinajstić information content (AvgIpc) is 2.85. The van der Waals surface area contributed by atoms with Crippen LogP contribution in [0.15, 0.2) is 0 Å². The Morgan fingerprint density at radius 3 is 2.53 bits per heavy atom. The molecule has 1 heterocycles. The van der Waals surface area contributed by atoms with Crippen molar-refractivity contribution in [3.8, 4) is 0 Å². The molecule has 1 saturated heterocycles. The average molecular weight is 272 g/mol. The van der Waals surface area contributed by atoms with Crippen molar-refractivity contribution >= 4 is 11.9 Å². The summed E-state index contributed by atoms with van der Waals surface area (Å²) in [6, 6.07) is 0. The number of hydrogen-bond donors (Lipinski definition) is 2. The monoisotopic (exact) mass is 272 g/mol. The van der Waals surface area contributed by atoms with E-state index < -0.39 is 10.8 Å². The fourth-order valence-electron chi connectivity index (χ4n) is 2.24. The van der Waals surface area contributed by atoms with Gasteiger partial charge in [0.15, 0.2) is 0 Å². The Balaban J connectivity index is 2.61. The van der Waals surface area contributed by atoms with Crippen molar-refractivity contribution in [1.29, 1.82) is 0 Å². The summed E-state index contributed by atoms with van der Waals surface area (Å²) in [6.45, 7) is 5.53. The number of esters is 1. The van der Waals surface area contributed by atoms with Gasteiger partial charge in [-0.05, 0) is 26.8 Å². The van der Waals surface area contributed by atoms with Crippen LogP contribution in [0.1, 0.15) is 20.3 Å². The maximum Gasteiger partial charge on any atom is 0.313 e. The lowest BCUT2D eigenvalue weighted by Crippen LogP contribution is -2.49. The number of rotatable bonds is 6. The van der Waals surface area contributed by atoms with Crippen LogP contribution in [0, 0.1) is 10.8 Å². The summed E-state index contributed by atoms with van der Waals surface area (Å²) in [5, 5.41) is 6.02. The van der Waals surface area contributed by atoms with Crippen LogP contribution in [-0.4, -0.2) is 52.3 Å². The van der Waals surface area contributed by atoms with E-state index in [-0.39, 0.29) is 18.4 Å². The molecular weight excluding hydrogens is 248 g/mol. The van der Waals surface area contributed by atoms with Crippen LogP contribution in [0.4, 0.5) is 0 Å². The minimum absolute atomic E-state index is 0.0728. The van der Waals surface area contributed by atoms with E-state index in [2.05, 4.69) is 10.6 Å². The van der Waals surface area contributed by atoms with Gasteiger partial charge in [-0.15, -0.1) is 0 Å². The summed E-state index contributed by atoms with van der Waals surface area (Å²) < 4.78 is 9.88. The second-order valence-corrected chi connectivity index (χ2v) is 5.70. The Hall–Kier alpha value is -1.14. The Kier molecular flexibility index (Phi) is 5.31. The smallest absolute Gasteiger partial charge is 0.313 e. The van der Waals surface area contributed by atoms with E-state index in [4.69, 9.17) is 9.47 Å².